The molecule has 122 valence electrons. The average Bonchev–Trinajstić information content (AvgIpc) is 2.41. The number of esters is 1. The van der Waals surface area contributed by atoms with Gasteiger partial charge >= 0.3 is 5.97 Å². The third-order valence-corrected chi connectivity index (χ3v) is 2.89. The van der Waals surface area contributed by atoms with Gasteiger partial charge in [-0.3, -0.25) is 0 Å². The fourth-order valence-corrected chi connectivity index (χ4v) is 1.98. The molecular weight excluding hydrogens is 288 g/mol. The number of rotatable bonds is 4. The summed E-state index contributed by atoms with van der Waals surface area (Å²) < 4.78 is 5.29. The molecule has 0 aliphatic rings. The summed E-state index contributed by atoms with van der Waals surface area (Å²) in [7, 11) is 3.79. The molecule has 0 atom stereocenters. The first-order valence-corrected chi connectivity index (χ1v) is 7.43. The SMILES string of the molecule is Cc1ccccc1C(/C=C(/C#N)C(=O)OC(C)(C)C)=C/N(C)C. The van der Waals surface area contributed by atoms with Crippen molar-refractivity contribution in [3.63, 3.8) is 0 Å². The molecule has 23 heavy (non-hydrogen) atoms. The maximum absolute atomic E-state index is 12.2. The van der Waals surface area contributed by atoms with Gasteiger partial charge in [-0.1, -0.05) is 24.3 Å². The zero-order valence-corrected chi connectivity index (χ0v) is 14.7. The van der Waals surface area contributed by atoms with Crippen molar-refractivity contribution >= 4 is 11.5 Å². The molecule has 0 unspecified atom stereocenters. The van der Waals surface area contributed by atoms with Gasteiger partial charge in [-0.15, -0.1) is 0 Å². The summed E-state index contributed by atoms with van der Waals surface area (Å²) in [6, 6.07) is 9.78. The molecule has 0 fully saturated rings. The van der Waals surface area contributed by atoms with Gasteiger partial charge in [0, 0.05) is 20.3 Å². The van der Waals surface area contributed by atoms with E-state index in [4.69, 9.17) is 4.74 Å². The third-order valence-electron chi connectivity index (χ3n) is 2.89. The van der Waals surface area contributed by atoms with Crippen molar-refractivity contribution < 1.29 is 9.53 Å². The Kier molecular flexibility index (Phi) is 6.15. The van der Waals surface area contributed by atoms with Crippen molar-refractivity contribution in [1.82, 2.24) is 4.90 Å². The van der Waals surface area contributed by atoms with E-state index in [1.54, 1.807) is 26.8 Å². The smallest absolute Gasteiger partial charge is 0.349 e. The molecule has 0 radical (unpaired) electrons. The second-order valence-corrected chi connectivity index (χ2v) is 6.53. The Hall–Kier alpha value is -2.54. The normalized spacial score (nSPS) is 12.6. The minimum Gasteiger partial charge on any atom is -0.456 e. The van der Waals surface area contributed by atoms with E-state index < -0.39 is 11.6 Å². The van der Waals surface area contributed by atoms with E-state index in [1.165, 1.54) is 0 Å². The second-order valence-electron chi connectivity index (χ2n) is 6.53. The minimum absolute atomic E-state index is 0.0173. The standard InChI is InChI=1S/C19H24N2O2/c1-14-9-7-8-10-17(14)16(13-21(5)6)11-15(12-20)18(22)23-19(2,3)4/h7-11,13H,1-6H3/b15-11-,16-13+. The molecule has 0 aliphatic heterocycles. The number of carbonyl (C=O) groups excluding carboxylic acids is 1. The molecule has 0 amide bonds. The molecule has 0 spiro atoms. The van der Waals surface area contributed by atoms with Crippen molar-refractivity contribution in [3.05, 3.63) is 53.2 Å². The molecule has 0 saturated heterocycles. The lowest BCUT2D eigenvalue weighted by atomic mass is 9.99. The van der Waals surface area contributed by atoms with E-state index in [1.807, 2.05) is 62.5 Å². The number of ether oxygens (including phenoxy) is 1. The Morgan fingerprint density at radius 1 is 1.26 bits per heavy atom. The van der Waals surface area contributed by atoms with Gasteiger partial charge in [0.2, 0.25) is 0 Å². The van der Waals surface area contributed by atoms with E-state index in [0.717, 1.165) is 16.7 Å². The number of carbonyl (C=O) groups is 1. The third kappa shape index (κ3) is 5.99. The van der Waals surface area contributed by atoms with Crippen LogP contribution in [0.2, 0.25) is 0 Å². The lowest BCUT2D eigenvalue weighted by Crippen LogP contribution is -2.24. The monoisotopic (exact) mass is 312 g/mol. The van der Waals surface area contributed by atoms with Crippen LogP contribution in [0, 0.1) is 18.3 Å². The maximum Gasteiger partial charge on any atom is 0.349 e. The lowest BCUT2D eigenvalue weighted by molar-refractivity contribution is -0.149. The average molecular weight is 312 g/mol. The Morgan fingerprint density at radius 2 is 1.87 bits per heavy atom. The molecular formula is C19H24N2O2. The van der Waals surface area contributed by atoms with Crippen molar-refractivity contribution in [3.8, 4) is 6.07 Å². The van der Waals surface area contributed by atoms with Crippen LogP contribution in [0.3, 0.4) is 0 Å². The highest BCUT2D eigenvalue weighted by Crippen LogP contribution is 2.22. The van der Waals surface area contributed by atoms with Crippen LogP contribution in [-0.2, 0) is 9.53 Å². The summed E-state index contributed by atoms with van der Waals surface area (Å²) in [4.78, 5) is 14.1. The number of aryl methyl sites for hydroxylation is 1. The first-order valence-electron chi connectivity index (χ1n) is 7.43. The van der Waals surface area contributed by atoms with Gasteiger partial charge in [0.25, 0.3) is 0 Å². The van der Waals surface area contributed by atoms with Gasteiger partial charge in [-0.2, -0.15) is 5.26 Å². The van der Waals surface area contributed by atoms with Crippen LogP contribution in [-0.4, -0.2) is 30.6 Å². The van der Waals surface area contributed by atoms with Crippen molar-refractivity contribution in [1.29, 1.82) is 5.26 Å². The predicted octanol–water partition coefficient (Wildman–Crippen LogP) is 3.69. The number of hydrogen-bond donors (Lipinski definition) is 0. The van der Waals surface area contributed by atoms with Crippen LogP contribution in [0.25, 0.3) is 5.57 Å². The fourth-order valence-electron chi connectivity index (χ4n) is 1.98. The fraction of sp³-hybridized carbons (Fsp3) is 0.368. The summed E-state index contributed by atoms with van der Waals surface area (Å²) in [5.74, 6) is -0.613. The maximum atomic E-state index is 12.2. The van der Waals surface area contributed by atoms with Crippen LogP contribution in [0.1, 0.15) is 31.9 Å². The molecule has 1 rings (SSSR count). The van der Waals surface area contributed by atoms with E-state index in [9.17, 15) is 10.1 Å². The summed E-state index contributed by atoms with van der Waals surface area (Å²) in [5, 5.41) is 9.33. The molecule has 4 heteroatoms. The minimum atomic E-state index is -0.638. The van der Waals surface area contributed by atoms with Crippen LogP contribution < -0.4 is 0 Å². The second kappa shape index (κ2) is 7.64. The predicted molar refractivity (Wildman–Crippen MR) is 92.4 cm³/mol. The Labute approximate surface area is 138 Å². The summed E-state index contributed by atoms with van der Waals surface area (Å²) in [5.41, 5.74) is 2.17. The topological polar surface area (TPSA) is 53.3 Å². The largest absolute Gasteiger partial charge is 0.456 e. The van der Waals surface area contributed by atoms with Gasteiger partial charge in [0.1, 0.15) is 17.2 Å². The summed E-state index contributed by atoms with van der Waals surface area (Å²) >= 11 is 0. The Balaban J connectivity index is 3.31. The number of allylic oxidation sites excluding steroid dienone is 2. The Bertz CT molecular complexity index is 671. The molecule has 0 heterocycles. The van der Waals surface area contributed by atoms with E-state index in [0.29, 0.717) is 0 Å². The van der Waals surface area contributed by atoms with Crippen molar-refractivity contribution in [2.45, 2.75) is 33.3 Å². The van der Waals surface area contributed by atoms with E-state index >= 15 is 0 Å². The first-order chi connectivity index (χ1) is 10.6. The number of benzene rings is 1. The highest BCUT2D eigenvalue weighted by molar-refractivity contribution is 5.96. The van der Waals surface area contributed by atoms with Crippen LogP contribution in [0.15, 0.2) is 42.1 Å². The number of nitriles is 1. The van der Waals surface area contributed by atoms with Crippen molar-refractivity contribution in [2.24, 2.45) is 0 Å². The molecule has 0 bridgehead atoms. The summed E-state index contributed by atoms with van der Waals surface area (Å²) in [6.45, 7) is 7.32. The molecule has 4 nitrogen and oxygen atoms in total. The zero-order chi connectivity index (χ0) is 17.6. The molecule has 0 saturated carbocycles. The molecule has 0 aromatic heterocycles. The van der Waals surface area contributed by atoms with E-state index in [-0.39, 0.29) is 5.57 Å². The van der Waals surface area contributed by atoms with Crippen LogP contribution in [0.5, 0.6) is 0 Å². The van der Waals surface area contributed by atoms with Gasteiger partial charge in [-0.25, -0.2) is 4.79 Å². The molecule has 1 aromatic rings. The Morgan fingerprint density at radius 3 is 2.35 bits per heavy atom. The molecule has 0 N–H and O–H groups in total. The van der Waals surface area contributed by atoms with Gasteiger partial charge < -0.3 is 9.64 Å². The van der Waals surface area contributed by atoms with Gasteiger partial charge in [0.15, 0.2) is 0 Å². The van der Waals surface area contributed by atoms with Crippen LogP contribution in [0.4, 0.5) is 0 Å². The lowest BCUT2D eigenvalue weighted by Gasteiger charge is -2.19. The van der Waals surface area contributed by atoms with Gasteiger partial charge in [-0.05, 0) is 50.5 Å². The first kappa shape index (κ1) is 18.5. The molecule has 1 aromatic carbocycles. The number of hydrogen-bond acceptors (Lipinski definition) is 4. The zero-order valence-electron chi connectivity index (χ0n) is 14.7. The molecule has 0 aliphatic carbocycles. The number of nitrogens with zero attached hydrogens (tertiary/aromatic N) is 2. The van der Waals surface area contributed by atoms with E-state index in [2.05, 4.69) is 0 Å². The quantitative estimate of drug-likeness (QED) is 0.368. The van der Waals surface area contributed by atoms with Gasteiger partial charge in [0.05, 0.1) is 0 Å². The highest BCUT2D eigenvalue weighted by Gasteiger charge is 2.20. The van der Waals surface area contributed by atoms with Crippen LogP contribution >= 0.6 is 0 Å². The van der Waals surface area contributed by atoms with Crippen molar-refractivity contribution in [2.75, 3.05) is 14.1 Å². The highest BCUT2D eigenvalue weighted by atomic mass is 16.6. The summed E-state index contributed by atoms with van der Waals surface area (Å²) in [6.07, 6.45) is 3.46.